The second-order valence-corrected chi connectivity index (χ2v) is 12.8. The summed E-state index contributed by atoms with van der Waals surface area (Å²) in [5, 5.41) is 4.26. The number of para-hydroxylation sites is 3. The van der Waals surface area contributed by atoms with Gasteiger partial charge in [-0.1, -0.05) is 115 Å². The fourth-order valence-electron chi connectivity index (χ4n) is 7.21. The van der Waals surface area contributed by atoms with Gasteiger partial charge < -0.3 is 13.7 Å². The highest BCUT2D eigenvalue weighted by Gasteiger charge is 2.21. The lowest BCUT2D eigenvalue weighted by Gasteiger charge is -2.26. The van der Waals surface area contributed by atoms with E-state index in [4.69, 9.17) is 13.8 Å². The molecule has 0 fully saturated rings. The second kappa shape index (κ2) is 11.9. The molecule has 10 aromatic rings. The molecule has 0 unspecified atom stereocenters. The van der Waals surface area contributed by atoms with E-state index >= 15 is 0 Å². The van der Waals surface area contributed by atoms with Gasteiger partial charge in [-0.25, -0.2) is 4.98 Å². The smallest absolute Gasteiger partial charge is 0.231 e. The molecule has 0 aliphatic carbocycles. The first-order chi connectivity index (χ1) is 25.3. The van der Waals surface area contributed by atoms with Crippen molar-refractivity contribution in [3.05, 3.63) is 182 Å². The minimum atomic E-state index is 0.561. The van der Waals surface area contributed by atoms with E-state index in [9.17, 15) is 0 Å². The Morgan fingerprint density at radius 2 is 0.980 bits per heavy atom. The molecule has 0 aliphatic rings. The van der Waals surface area contributed by atoms with Crippen LogP contribution in [0.3, 0.4) is 0 Å². The van der Waals surface area contributed by atoms with Crippen molar-refractivity contribution in [3.8, 4) is 33.7 Å². The number of hydrogen-bond donors (Lipinski definition) is 0. The van der Waals surface area contributed by atoms with E-state index in [2.05, 4.69) is 150 Å². The first kappa shape index (κ1) is 29.0. The quantitative estimate of drug-likeness (QED) is 0.179. The minimum absolute atomic E-state index is 0.561. The fraction of sp³-hybridized carbons (Fsp3) is 0. The third-order valence-corrected chi connectivity index (χ3v) is 9.70. The molecule has 2 aromatic heterocycles. The van der Waals surface area contributed by atoms with Crippen molar-refractivity contribution in [3.63, 3.8) is 0 Å². The third kappa shape index (κ3) is 5.04. The summed E-state index contributed by atoms with van der Waals surface area (Å²) in [5.74, 6) is 0.561. The summed E-state index contributed by atoms with van der Waals surface area (Å²) in [4.78, 5) is 7.16. The molecule has 0 N–H and O–H groups in total. The average molecular weight is 655 g/mol. The van der Waals surface area contributed by atoms with Gasteiger partial charge in [-0.3, -0.25) is 0 Å². The lowest BCUT2D eigenvalue weighted by atomic mass is 9.99. The minimum Gasteiger partial charge on any atom is -0.455 e. The summed E-state index contributed by atoms with van der Waals surface area (Å²) in [7, 11) is 0. The van der Waals surface area contributed by atoms with Gasteiger partial charge in [0.05, 0.1) is 5.56 Å². The molecule has 0 aliphatic heterocycles. The van der Waals surface area contributed by atoms with E-state index in [-0.39, 0.29) is 0 Å². The number of hydrogen-bond acceptors (Lipinski definition) is 4. The van der Waals surface area contributed by atoms with E-state index in [0.717, 1.165) is 77.6 Å². The number of aromatic nitrogens is 1. The molecule has 0 radical (unpaired) electrons. The number of furan rings is 1. The van der Waals surface area contributed by atoms with Crippen LogP contribution in [-0.4, -0.2) is 4.98 Å². The van der Waals surface area contributed by atoms with E-state index in [1.54, 1.807) is 0 Å². The molecule has 8 aromatic carbocycles. The van der Waals surface area contributed by atoms with Gasteiger partial charge in [0.2, 0.25) is 5.89 Å². The van der Waals surface area contributed by atoms with Crippen LogP contribution in [0.2, 0.25) is 0 Å². The molecule has 4 nitrogen and oxygen atoms in total. The van der Waals surface area contributed by atoms with Crippen molar-refractivity contribution < 1.29 is 8.83 Å². The number of benzene rings is 8. The van der Waals surface area contributed by atoms with E-state index in [0.29, 0.717) is 5.89 Å². The molecule has 0 saturated carbocycles. The zero-order valence-electron chi connectivity index (χ0n) is 27.5. The summed E-state index contributed by atoms with van der Waals surface area (Å²) in [6.07, 6.45) is 0. The molecule has 10 rings (SSSR count). The molecule has 2 heterocycles. The van der Waals surface area contributed by atoms with Crippen LogP contribution in [0.4, 0.5) is 17.1 Å². The number of fused-ring (bicyclic) bond motifs is 5. The van der Waals surface area contributed by atoms with Crippen LogP contribution >= 0.6 is 0 Å². The number of nitrogens with zero attached hydrogens (tertiary/aromatic N) is 2. The van der Waals surface area contributed by atoms with Gasteiger partial charge in [0, 0.05) is 27.8 Å². The Kier molecular flexibility index (Phi) is 6.78. The Morgan fingerprint density at radius 3 is 1.73 bits per heavy atom. The van der Waals surface area contributed by atoms with Gasteiger partial charge in [0.25, 0.3) is 0 Å². The van der Waals surface area contributed by atoms with Crippen molar-refractivity contribution in [2.45, 2.75) is 0 Å². The summed E-state index contributed by atoms with van der Waals surface area (Å²) in [6, 6.07) is 63.4. The number of rotatable bonds is 6. The van der Waals surface area contributed by atoms with Crippen LogP contribution in [-0.2, 0) is 0 Å². The van der Waals surface area contributed by atoms with Gasteiger partial charge in [-0.05, 0) is 99.8 Å². The number of oxazole rings is 1. The molecule has 0 atom stereocenters. The molecule has 0 spiro atoms. The molecular formula is C47H30N2O2. The van der Waals surface area contributed by atoms with E-state index in [1.165, 1.54) is 11.1 Å². The molecule has 0 saturated heterocycles. The molecule has 240 valence electrons. The fourth-order valence-corrected chi connectivity index (χ4v) is 7.21. The van der Waals surface area contributed by atoms with Crippen molar-refractivity contribution >= 4 is 60.9 Å². The normalized spacial score (nSPS) is 11.5. The van der Waals surface area contributed by atoms with Gasteiger partial charge in [-0.15, -0.1) is 0 Å². The Labute approximate surface area is 294 Å². The lowest BCUT2D eigenvalue weighted by molar-refractivity contribution is 0.616. The Bertz CT molecular complexity index is 2800. The summed E-state index contributed by atoms with van der Waals surface area (Å²) in [6.45, 7) is 0. The van der Waals surface area contributed by atoms with Crippen molar-refractivity contribution in [2.75, 3.05) is 4.90 Å². The van der Waals surface area contributed by atoms with E-state index in [1.807, 2.05) is 36.4 Å². The van der Waals surface area contributed by atoms with Crippen LogP contribution in [0.1, 0.15) is 0 Å². The molecule has 0 bridgehead atoms. The first-order valence-electron chi connectivity index (χ1n) is 17.1. The molecule has 0 amide bonds. The summed E-state index contributed by atoms with van der Waals surface area (Å²) >= 11 is 0. The molecular weight excluding hydrogens is 625 g/mol. The number of anilines is 3. The zero-order chi connectivity index (χ0) is 33.7. The van der Waals surface area contributed by atoms with Crippen molar-refractivity contribution in [2.24, 2.45) is 0 Å². The monoisotopic (exact) mass is 654 g/mol. The largest absolute Gasteiger partial charge is 0.455 e. The van der Waals surface area contributed by atoms with Gasteiger partial charge in [0.15, 0.2) is 5.58 Å². The molecule has 4 heteroatoms. The summed E-state index contributed by atoms with van der Waals surface area (Å²) in [5.41, 5.74) is 11.9. The van der Waals surface area contributed by atoms with Gasteiger partial charge in [0.1, 0.15) is 16.7 Å². The van der Waals surface area contributed by atoms with Gasteiger partial charge in [-0.2, -0.15) is 0 Å². The van der Waals surface area contributed by atoms with Crippen LogP contribution < -0.4 is 4.90 Å². The SMILES string of the molecule is c1ccc(-c2ccc(N(c3ccccc3)c3ccc(-c4ccc5c(c4)oc4c(-c6nc7ccccc7o6)c6ccccc6cc45)cc3)cc2)cc1. The lowest BCUT2D eigenvalue weighted by Crippen LogP contribution is -2.09. The average Bonchev–Trinajstić information content (AvgIpc) is 3.79. The van der Waals surface area contributed by atoms with Crippen LogP contribution in [0.5, 0.6) is 0 Å². The zero-order valence-corrected chi connectivity index (χ0v) is 27.5. The predicted molar refractivity (Wildman–Crippen MR) is 210 cm³/mol. The van der Waals surface area contributed by atoms with Gasteiger partial charge >= 0.3 is 0 Å². The van der Waals surface area contributed by atoms with Crippen molar-refractivity contribution in [1.29, 1.82) is 0 Å². The Morgan fingerprint density at radius 1 is 0.392 bits per heavy atom. The second-order valence-electron chi connectivity index (χ2n) is 12.8. The highest BCUT2D eigenvalue weighted by Crippen LogP contribution is 2.43. The highest BCUT2D eigenvalue weighted by molar-refractivity contribution is 6.18. The standard InChI is InChI=1S/C47H30N2O2/c1-3-11-31(12-4-1)32-19-24-37(25-20-32)49(36-14-5-2-6-15-36)38-26-21-33(22-27-38)34-23-28-40-41-29-35-13-7-8-16-39(35)45(46(41)50-44(40)30-34)47-48-42-17-9-10-18-43(42)51-47/h1-30H. The van der Waals surface area contributed by atoms with Crippen molar-refractivity contribution in [1.82, 2.24) is 4.98 Å². The molecule has 51 heavy (non-hydrogen) atoms. The summed E-state index contributed by atoms with van der Waals surface area (Å²) < 4.78 is 13.0. The maximum absolute atomic E-state index is 6.72. The van der Waals surface area contributed by atoms with E-state index < -0.39 is 0 Å². The maximum Gasteiger partial charge on any atom is 0.231 e. The third-order valence-electron chi connectivity index (χ3n) is 9.70. The predicted octanol–water partition coefficient (Wildman–Crippen LogP) is 13.4. The Hall–Kier alpha value is -6.91. The topological polar surface area (TPSA) is 42.4 Å². The highest BCUT2D eigenvalue weighted by atomic mass is 16.4. The van der Waals surface area contributed by atoms with Crippen LogP contribution in [0.15, 0.2) is 191 Å². The first-order valence-corrected chi connectivity index (χ1v) is 17.1. The Balaban J connectivity index is 1.04. The van der Waals surface area contributed by atoms with Crippen LogP contribution in [0.25, 0.3) is 77.5 Å². The maximum atomic E-state index is 6.72. The van der Waals surface area contributed by atoms with Crippen LogP contribution in [0, 0.1) is 0 Å².